The molecule has 37 heavy (non-hydrogen) atoms. The lowest BCUT2D eigenvalue weighted by atomic mass is 9.93. The number of hydrogen-bond acceptors (Lipinski definition) is 6. The molecule has 0 saturated heterocycles. The molecular weight excluding hydrogens is 468 g/mol. The van der Waals surface area contributed by atoms with Gasteiger partial charge in [-0.3, -0.25) is 4.90 Å². The van der Waals surface area contributed by atoms with Gasteiger partial charge in [0.15, 0.2) is 11.5 Å². The topological polar surface area (TPSA) is 89.7 Å². The van der Waals surface area contributed by atoms with Gasteiger partial charge >= 0.3 is 6.03 Å². The maximum Gasteiger partial charge on any atom is 0.327 e. The SMILES string of the molecule is CCc1ccc(C2NC(=O)N(c3ccc4c(c3)OCCO4)C(C)=C2c2nc(-c3ccccc3)no2)cc1. The summed E-state index contributed by atoms with van der Waals surface area (Å²) in [5, 5.41) is 7.39. The number of allylic oxidation sites excluding steroid dienone is 1. The number of aromatic nitrogens is 2. The minimum atomic E-state index is -0.462. The molecule has 2 aliphatic rings. The van der Waals surface area contributed by atoms with Crippen molar-refractivity contribution in [2.45, 2.75) is 26.3 Å². The molecule has 0 saturated carbocycles. The van der Waals surface area contributed by atoms with E-state index in [0.29, 0.717) is 47.8 Å². The van der Waals surface area contributed by atoms with E-state index < -0.39 is 6.04 Å². The normalized spacial score (nSPS) is 17.1. The highest BCUT2D eigenvalue weighted by Crippen LogP contribution is 2.41. The van der Waals surface area contributed by atoms with E-state index in [4.69, 9.17) is 19.0 Å². The summed E-state index contributed by atoms with van der Waals surface area (Å²) in [7, 11) is 0. The first-order valence-electron chi connectivity index (χ1n) is 12.3. The second-order valence-electron chi connectivity index (χ2n) is 8.93. The molecule has 3 heterocycles. The highest BCUT2D eigenvalue weighted by atomic mass is 16.6. The first-order chi connectivity index (χ1) is 18.1. The van der Waals surface area contributed by atoms with Crippen LogP contribution in [-0.2, 0) is 6.42 Å². The van der Waals surface area contributed by atoms with Gasteiger partial charge in [0.2, 0.25) is 5.82 Å². The minimum absolute atomic E-state index is 0.259. The summed E-state index contributed by atoms with van der Waals surface area (Å²) in [5.74, 6) is 2.10. The van der Waals surface area contributed by atoms with Crippen LogP contribution >= 0.6 is 0 Å². The van der Waals surface area contributed by atoms with Crippen LogP contribution in [0.4, 0.5) is 10.5 Å². The van der Waals surface area contributed by atoms with Gasteiger partial charge in [0.05, 0.1) is 17.3 Å². The highest BCUT2D eigenvalue weighted by Gasteiger charge is 2.37. The molecule has 4 aromatic rings. The fourth-order valence-electron chi connectivity index (χ4n) is 4.74. The van der Waals surface area contributed by atoms with Crippen molar-refractivity contribution in [3.8, 4) is 22.9 Å². The zero-order chi connectivity index (χ0) is 25.4. The molecule has 1 N–H and O–H groups in total. The van der Waals surface area contributed by atoms with E-state index in [1.807, 2.05) is 67.6 Å². The Kier molecular flexibility index (Phi) is 5.84. The van der Waals surface area contributed by atoms with E-state index in [0.717, 1.165) is 23.1 Å². The Hall–Kier alpha value is -4.59. The second-order valence-corrected chi connectivity index (χ2v) is 8.93. The summed E-state index contributed by atoms with van der Waals surface area (Å²) in [6, 6.07) is 22.6. The molecule has 3 aromatic carbocycles. The van der Waals surface area contributed by atoms with Crippen LogP contribution in [0.1, 0.15) is 36.9 Å². The molecule has 1 aromatic heterocycles. The fraction of sp³-hybridized carbons (Fsp3) is 0.207. The summed E-state index contributed by atoms with van der Waals surface area (Å²) in [6.45, 7) is 4.97. The van der Waals surface area contributed by atoms with Gasteiger partial charge in [0.1, 0.15) is 13.2 Å². The van der Waals surface area contributed by atoms with Gasteiger partial charge in [0.25, 0.3) is 5.89 Å². The minimum Gasteiger partial charge on any atom is -0.486 e. The van der Waals surface area contributed by atoms with Gasteiger partial charge in [-0.05, 0) is 36.6 Å². The summed E-state index contributed by atoms with van der Waals surface area (Å²) in [5.41, 5.74) is 5.07. The maximum absolute atomic E-state index is 13.5. The van der Waals surface area contributed by atoms with Crippen molar-refractivity contribution in [3.05, 3.63) is 95.5 Å². The number of aryl methyl sites for hydroxylation is 1. The Morgan fingerprint density at radius 2 is 1.73 bits per heavy atom. The molecule has 2 amide bonds. The first kappa shape index (κ1) is 22.8. The average Bonchev–Trinajstić information content (AvgIpc) is 3.43. The predicted octanol–water partition coefficient (Wildman–Crippen LogP) is 5.77. The number of nitrogens with zero attached hydrogens (tertiary/aromatic N) is 3. The highest BCUT2D eigenvalue weighted by molar-refractivity contribution is 6.01. The number of ether oxygens (including phenoxy) is 2. The van der Waals surface area contributed by atoms with E-state index >= 15 is 0 Å². The molecule has 0 fully saturated rings. The zero-order valence-electron chi connectivity index (χ0n) is 20.6. The zero-order valence-corrected chi connectivity index (χ0v) is 20.6. The Labute approximate surface area is 214 Å². The molecule has 2 aliphatic heterocycles. The number of rotatable bonds is 5. The van der Waals surface area contributed by atoms with Crippen molar-refractivity contribution in [1.29, 1.82) is 0 Å². The molecule has 8 heteroatoms. The predicted molar refractivity (Wildman–Crippen MR) is 139 cm³/mol. The van der Waals surface area contributed by atoms with E-state index in [2.05, 4.69) is 29.5 Å². The van der Waals surface area contributed by atoms with Crippen LogP contribution in [0.15, 0.2) is 83.0 Å². The number of amides is 2. The van der Waals surface area contributed by atoms with Gasteiger partial charge in [-0.25, -0.2) is 4.79 Å². The van der Waals surface area contributed by atoms with Crippen molar-refractivity contribution in [2.24, 2.45) is 0 Å². The maximum atomic E-state index is 13.5. The van der Waals surface area contributed by atoms with Gasteiger partial charge < -0.3 is 19.3 Å². The third-order valence-corrected chi connectivity index (χ3v) is 6.68. The Balaban J connectivity index is 1.47. The Morgan fingerprint density at radius 1 is 0.973 bits per heavy atom. The molecular formula is C29H26N4O4. The number of benzene rings is 3. The lowest BCUT2D eigenvalue weighted by molar-refractivity contribution is 0.171. The average molecular weight is 495 g/mol. The van der Waals surface area contributed by atoms with E-state index in [-0.39, 0.29) is 6.03 Å². The first-order valence-corrected chi connectivity index (χ1v) is 12.3. The molecule has 0 aliphatic carbocycles. The van der Waals surface area contributed by atoms with Crippen LogP contribution in [0, 0.1) is 0 Å². The standard InChI is InChI=1S/C29H26N4O4/c1-3-19-9-11-20(12-10-19)26-25(28-31-27(32-37-28)21-7-5-4-6-8-21)18(2)33(29(34)30-26)22-13-14-23-24(17-22)36-16-15-35-23/h4-14,17,26H,3,15-16H2,1-2H3,(H,30,34). The van der Waals surface area contributed by atoms with E-state index in [1.54, 1.807) is 4.90 Å². The number of hydrogen-bond donors (Lipinski definition) is 1. The summed E-state index contributed by atoms with van der Waals surface area (Å²) < 4.78 is 17.2. The van der Waals surface area contributed by atoms with Crippen molar-refractivity contribution in [1.82, 2.24) is 15.5 Å². The Morgan fingerprint density at radius 3 is 2.49 bits per heavy atom. The second kappa shape index (κ2) is 9.46. The lowest BCUT2D eigenvalue weighted by Gasteiger charge is -2.35. The number of carbonyl (C=O) groups is 1. The number of carbonyl (C=O) groups excluding carboxylic acids is 1. The molecule has 1 unspecified atom stereocenters. The van der Waals surface area contributed by atoms with Crippen molar-refractivity contribution in [2.75, 3.05) is 18.1 Å². The van der Waals surface area contributed by atoms with Crippen LogP contribution in [-0.4, -0.2) is 29.4 Å². The van der Waals surface area contributed by atoms with Crippen LogP contribution in [0.2, 0.25) is 0 Å². The van der Waals surface area contributed by atoms with Crippen molar-refractivity contribution in [3.63, 3.8) is 0 Å². The summed E-state index contributed by atoms with van der Waals surface area (Å²) in [6.07, 6.45) is 0.932. The molecule has 6 rings (SSSR count). The lowest BCUT2D eigenvalue weighted by Crippen LogP contribution is -2.46. The quantitative estimate of drug-likeness (QED) is 0.379. The van der Waals surface area contributed by atoms with Crippen LogP contribution in [0.5, 0.6) is 11.5 Å². The fourth-order valence-corrected chi connectivity index (χ4v) is 4.74. The van der Waals surface area contributed by atoms with E-state index in [9.17, 15) is 4.79 Å². The van der Waals surface area contributed by atoms with Crippen LogP contribution in [0.3, 0.4) is 0 Å². The van der Waals surface area contributed by atoms with Crippen molar-refractivity contribution < 1.29 is 18.8 Å². The van der Waals surface area contributed by atoms with Gasteiger partial charge in [-0.1, -0.05) is 66.7 Å². The summed E-state index contributed by atoms with van der Waals surface area (Å²) in [4.78, 5) is 19.9. The third-order valence-electron chi connectivity index (χ3n) is 6.68. The number of nitrogens with one attached hydrogen (secondary N) is 1. The number of anilines is 1. The summed E-state index contributed by atoms with van der Waals surface area (Å²) >= 11 is 0. The number of fused-ring (bicyclic) bond motifs is 1. The molecule has 8 nitrogen and oxygen atoms in total. The van der Waals surface area contributed by atoms with Gasteiger partial charge in [-0.15, -0.1) is 0 Å². The molecule has 0 bridgehead atoms. The third kappa shape index (κ3) is 4.20. The Bertz CT molecular complexity index is 1480. The molecule has 0 spiro atoms. The van der Waals surface area contributed by atoms with Crippen LogP contribution < -0.4 is 19.7 Å². The smallest absolute Gasteiger partial charge is 0.327 e. The van der Waals surface area contributed by atoms with E-state index in [1.165, 1.54) is 5.56 Å². The van der Waals surface area contributed by atoms with Gasteiger partial charge in [-0.2, -0.15) is 4.98 Å². The molecule has 0 radical (unpaired) electrons. The van der Waals surface area contributed by atoms with Crippen molar-refractivity contribution >= 4 is 17.3 Å². The largest absolute Gasteiger partial charge is 0.486 e. The van der Waals surface area contributed by atoms with Crippen LogP contribution in [0.25, 0.3) is 17.0 Å². The number of urea groups is 1. The molecule has 1 atom stereocenters. The van der Waals surface area contributed by atoms with Gasteiger partial charge in [0, 0.05) is 17.3 Å². The molecule has 186 valence electrons. The monoisotopic (exact) mass is 494 g/mol.